The Kier molecular flexibility index (Phi) is 3.27. The summed E-state index contributed by atoms with van der Waals surface area (Å²) in [6.45, 7) is 6.15. The van der Waals surface area contributed by atoms with E-state index in [2.05, 4.69) is 23.0 Å². The number of nitrogens with zero attached hydrogens (tertiary/aromatic N) is 1. The van der Waals surface area contributed by atoms with Gasteiger partial charge in [-0.2, -0.15) is 4.98 Å². The van der Waals surface area contributed by atoms with E-state index < -0.39 is 0 Å². The summed E-state index contributed by atoms with van der Waals surface area (Å²) >= 11 is 0. The Bertz CT molecular complexity index is 599. The van der Waals surface area contributed by atoms with Crippen molar-refractivity contribution in [3.05, 3.63) is 39.4 Å². The lowest BCUT2D eigenvalue weighted by Gasteiger charge is -2.06. The van der Waals surface area contributed by atoms with Gasteiger partial charge in [0.25, 0.3) is 5.56 Å². The molecule has 0 fully saturated rings. The summed E-state index contributed by atoms with van der Waals surface area (Å²) in [4.78, 5) is 19.3. The van der Waals surface area contributed by atoms with E-state index in [9.17, 15) is 4.79 Å². The molecular formula is C14H18N2O. The third-order valence-corrected chi connectivity index (χ3v) is 2.98. The zero-order valence-electron chi connectivity index (χ0n) is 10.6. The molecule has 3 heteroatoms. The van der Waals surface area contributed by atoms with Gasteiger partial charge in [-0.15, -0.1) is 0 Å². The Morgan fingerprint density at radius 3 is 2.76 bits per heavy atom. The molecular weight excluding hydrogens is 212 g/mol. The van der Waals surface area contributed by atoms with Gasteiger partial charge in [-0.3, -0.25) is 4.79 Å². The zero-order valence-corrected chi connectivity index (χ0v) is 10.6. The molecule has 0 radical (unpaired) electrons. The predicted octanol–water partition coefficient (Wildman–Crippen LogP) is 2.88. The minimum absolute atomic E-state index is 0.114. The van der Waals surface area contributed by atoms with Crippen molar-refractivity contribution in [2.24, 2.45) is 0 Å². The number of unbranched alkanes of at least 4 members (excludes halogenated alkanes) is 1. The van der Waals surface area contributed by atoms with E-state index in [0.717, 1.165) is 41.7 Å². The van der Waals surface area contributed by atoms with E-state index in [4.69, 9.17) is 0 Å². The number of fused-ring (bicyclic) bond motifs is 1. The number of benzene rings is 1. The predicted molar refractivity (Wildman–Crippen MR) is 70.4 cm³/mol. The number of aromatic nitrogens is 2. The monoisotopic (exact) mass is 230 g/mol. The van der Waals surface area contributed by atoms with E-state index in [1.165, 1.54) is 0 Å². The van der Waals surface area contributed by atoms with Gasteiger partial charge in [0.15, 0.2) is 0 Å². The largest absolute Gasteiger partial charge is 0.343 e. The van der Waals surface area contributed by atoms with Crippen LogP contribution < -0.4 is 5.56 Å². The van der Waals surface area contributed by atoms with Gasteiger partial charge in [0.05, 0.1) is 10.9 Å². The van der Waals surface area contributed by atoms with Crippen molar-refractivity contribution >= 4 is 10.9 Å². The van der Waals surface area contributed by atoms with Crippen LogP contribution in [0.1, 0.15) is 36.7 Å². The molecule has 1 aromatic heterocycles. The second-order valence-electron chi connectivity index (χ2n) is 4.60. The minimum Gasteiger partial charge on any atom is -0.343 e. The number of aromatic amines is 1. The lowest BCUT2D eigenvalue weighted by Crippen LogP contribution is -2.12. The van der Waals surface area contributed by atoms with Crippen LogP contribution >= 0.6 is 0 Å². The molecule has 2 rings (SSSR count). The van der Waals surface area contributed by atoms with Crippen molar-refractivity contribution in [2.45, 2.75) is 40.0 Å². The molecule has 0 aliphatic heterocycles. The summed E-state index contributed by atoms with van der Waals surface area (Å²) < 4.78 is 0. The molecule has 0 saturated carbocycles. The second-order valence-corrected chi connectivity index (χ2v) is 4.60. The summed E-state index contributed by atoms with van der Waals surface area (Å²) in [6.07, 6.45) is 3.00. The normalized spacial score (nSPS) is 11.0. The molecule has 0 unspecified atom stereocenters. The van der Waals surface area contributed by atoms with E-state index in [-0.39, 0.29) is 5.56 Å². The summed E-state index contributed by atoms with van der Waals surface area (Å²) in [6, 6.07) is 3.99. The molecule has 0 atom stereocenters. The number of rotatable bonds is 3. The van der Waals surface area contributed by atoms with E-state index in [1.54, 1.807) is 0 Å². The van der Waals surface area contributed by atoms with E-state index in [1.807, 2.05) is 19.9 Å². The fourth-order valence-electron chi connectivity index (χ4n) is 2.12. The van der Waals surface area contributed by atoms with E-state index >= 15 is 0 Å². The van der Waals surface area contributed by atoms with Gasteiger partial charge in [0.2, 0.25) is 0 Å². The van der Waals surface area contributed by atoms with Crippen LogP contribution in [0.5, 0.6) is 0 Å². The number of hydrogen-bond donors (Lipinski definition) is 1. The van der Waals surface area contributed by atoms with Crippen LogP contribution in [-0.4, -0.2) is 9.97 Å². The van der Waals surface area contributed by atoms with Gasteiger partial charge in [0.1, 0.15) is 5.82 Å². The summed E-state index contributed by atoms with van der Waals surface area (Å²) in [5.41, 5.74) is 3.03. The highest BCUT2D eigenvalue weighted by Crippen LogP contribution is 2.15. The smallest absolute Gasteiger partial charge is 0.280 e. The van der Waals surface area contributed by atoms with E-state index in [0.29, 0.717) is 5.39 Å². The van der Waals surface area contributed by atoms with Crippen molar-refractivity contribution < 1.29 is 0 Å². The molecule has 0 amide bonds. The highest BCUT2D eigenvalue weighted by atomic mass is 16.1. The highest BCUT2D eigenvalue weighted by Gasteiger charge is 2.06. The zero-order chi connectivity index (χ0) is 12.4. The molecule has 0 spiro atoms. The quantitative estimate of drug-likeness (QED) is 0.881. The molecule has 0 bridgehead atoms. The minimum atomic E-state index is -0.114. The first kappa shape index (κ1) is 11.8. The van der Waals surface area contributed by atoms with Gasteiger partial charge >= 0.3 is 0 Å². The Labute approximate surface area is 101 Å². The van der Waals surface area contributed by atoms with Gasteiger partial charge in [-0.1, -0.05) is 19.4 Å². The molecule has 1 N–H and O–H groups in total. The van der Waals surface area contributed by atoms with Crippen LogP contribution in [0.3, 0.4) is 0 Å². The van der Waals surface area contributed by atoms with Crippen LogP contribution in [0.25, 0.3) is 10.9 Å². The highest BCUT2D eigenvalue weighted by molar-refractivity contribution is 5.81. The molecule has 17 heavy (non-hydrogen) atoms. The van der Waals surface area contributed by atoms with Crippen molar-refractivity contribution in [1.82, 2.24) is 9.97 Å². The average Bonchev–Trinajstić information content (AvgIpc) is 2.28. The molecule has 0 saturated heterocycles. The summed E-state index contributed by atoms with van der Waals surface area (Å²) in [5.74, 6) is 0.802. The van der Waals surface area contributed by atoms with Gasteiger partial charge in [0, 0.05) is 6.42 Å². The molecule has 1 heterocycles. The van der Waals surface area contributed by atoms with Crippen LogP contribution in [0.4, 0.5) is 0 Å². The molecule has 1 aromatic carbocycles. The van der Waals surface area contributed by atoms with Crippen LogP contribution in [0.15, 0.2) is 16.9 Å². The lowest BCUT2D eigenvalue weighted by molar-refractivity contribution is 0.753. The maximum Gasteiger partial charge on any atom is 0.280 e. The first-order valence-corrected chi connectivity index (χ1v) is 6.12. The molecule has 3 nitrogen and oxygen atoms in total. The number of aryl methyl sites for hydroxylation is 3. The topological polar surface area (TPSA) is 45.8 Å². The SMILES string of the molecule is CCCCc1nc(=O)c2cc(C)cc(C)c2[nH]1. The van der Waals surface area contributed by atoms with Crippen LogP contribution in [0, 0.1) is 13.8 Å². The summed E-state index contributed by atoms with van der Waals surface area (Å²) in [7, 11) is 0. The maximum absolute atomic E-state index is 11.9. The van der Waals surface area contributed by atoms with Gasteiger partial charge in [-0.25, -0.2) is 0 Å². The van der Waals surface area contributed by atoms with Crippen molar-refractivity contribution in [3.63, 3.8) is 0 Å². The van der Waals surface area contributed by atoms with Gasteiger partial charge < -0.3 is 4.98 Å². The van der Waals surface area contributed by atoms with Crippen LogP contribution in [0.2, 0.25) is 0 Å². The Morgan fingerprint density at radius 1 is 1.29 bits per heavy atom. The van der Waals surface area contributed by atoms with Crippen molar-refractivity contribution in [2.75, 3.05) is 0 Å². The third kappa shape index (κ3) is 2.38. The molecule has 0 aliphatic carbocycles. The second kappa shape index (κ2) is 4.70. The van der Waals surface area contributed by atoms with Crippen LogP contribution in [-0.2, 0) is 6.42 Å². The third-order valence-electron chi connectivity index (χ3n) is 2.98. The van der Waals surface area contributed by atoms with Crippen molar-refractivity contribution in [1.29, 1.82) is 0 Å². The van der Waals surface area contributed by atoms with Gasteiger partial charge in [-0.05, 0) is 37.5 Å². The first-order valence-electron chi connectivity index (χ1n) is 6.12. The standard InChI is InChI=1S/C14H18N2O/c1-4-5-6-12-15-13-10(3)7-9(2)8-11(13)14(17)16-12/h7-8H,4-6H2,1-3H3,(H,15,16,17). The first-order chi connectivity index (χ1) is 8.11. The van der Waals surface area contributed by atoms with Crippen molar-refractivity contribution in [3.8, 4) is 0 Å². The number of H-pyrrole nitrogens is 1. The molecule has 90 valence electrons. The lowest BCUT2D eigenvalue weighted by atomic mass is 10.1. The Morgan fingerprint density at radius 2 is 2.06 bits per heavy atom. The molecule has 2 aromatic rings. The Balaban J connectivity index is 2.61. The molecule has 0 aliphatic rings. The fraction of sp³-hybridized carbons (Fsp3) is 0.429. The fourth-order valence-corrected chi connectivity index (χ4v) is 2.12. The maximum atomic E-state index is 11.9. The number of nitrogens with one attached hydrogen (secondary N) is 1. The number of hydrogen-bond acceptors (Lipinski definition) is 2. The summed E-state index contributed by atoms with van der Waals surface area (Å²) in [5, 5.41) is 0.697. The Hall–Kier alpha value is -1.64. The average molecular weight is 230 g/mol.